The minimum Gasteiger partial charge on any atom is -0.465 e. The summed E-state index contributed by atoms with van der Waals surface area (Å²) in [6.07, 6.45) is -1.36. The molecule has 0 unspecified atom stereocenters. The Morgan fingerprint density at radius 1 is 1.46 bits per heavy atom. The largest absolute Gasteiger partial charge is 0.465 e. The van der Waals surface area contributed by atoms with Gasteiger partial charge >= 0.3 is 6.09 Å². The predicted octanol–water partition coefficient (Wildman–Crippen LogP) is 2.72. The SMILES string of the molecule is CC1(C)C(NC(=O)O)=N[C@](C)(c2cc(Br)ccc2F)C[S@@]1(=O)=NCCO. The number of aliphatic hydroxyl groups is 1. The molecule has 1 aliphatic heterocycles. The molecular formula is C16H21BrFN3O4S. The van der Waals surface area contributed by atoms with Gasteiger partial charge in [0.25, 0.3) is 0 Å². The summed E-state index contributed by atoms with van der Waals surface area (Å²) in [5.41, 5.74) is -1.11. The number of carbonyl (C=O) groups is 1. The lowest BCUT2D eigenvalue weighted by Gasteiger charge is -2.41. The Balaban J connectivity index is 2.76. The summed E-state index contributed by atoms with van der Waals surface area (Å²) >= 11 is 3.28. The number of benzene rings is 1. The molecule has 0 fully saturated rings. The monoisotopic (exact) mass is 449 g/mol. The van der Waals surface area contributed by atoms with Crippen molar-refractivity contribution in [3.05, 3.63) is 34.1 Å². The number of amidine groups is 1. The lowest BCUT2D eigenvalue weighted by Crippen LogP contribution is -2.57. The fourth-order valence-electron chi connectivity index (χ4n) is 2.85. The van der Waals surface area contributed by atoms with Crippen LogP contribution in [0.2, 0.25) is 0 Å². The second-order valence-electron chi connectivity index (χ2n) is 6.66. The first kappa shape index (κ1) is 20.8. The maximum Gasteiger partial charge on any atom is 0.410 e. The van der Waals surface area contributed by atoms with Gasteiger partial charge in [-0.2, -0.15) is 0 Å². The Bertz CT molecular complexity index is 880. The van der Waals surface area contributed by atoms with E-state index < -0.39 is 31.9 Å². The van der Waals surface area contributed by atoms with E-state index in [0.717, 1.165) is 0 Å². The zero-order valence-electron chi connectivity index (χ0n) is 14.6. The lowest BCUT2D eigenvalue weighted by atomic mass is 9.93. The van der Waals surface area contributed by atoms with Gasteiger partial charge in [-0.15, -0.1) is 0 Å². The number of carboxylic acid groups (broad SMARTS) is 1. The third-order valence-corrected chi connectivity index (χ3v) is 8.17. The summed E-state index contributed by atoms with van der Waals surface area (Å²) in [4.78, 5) is 15.7. The summed E-state index contributed by atoms with van der Waals surface area (Å²) in [6, 6.07) is 4.32. The molecule has 0 spiro atoms. The van der Waals surface area contributed by atoms with E-state index in [0.29, 0.717) is 4.47 Å². The van der Waals surface area contributed by atoms with Crippen molar-refractivity contribution in [2.75, 3.05) is 18.9 Å². The van der Waals surface area contributed by atoms with E-state index in [1.807, 2.05) is 0 Å². The highest BCUT2D eigenvalue weighted by molar-refractivity contribution is 9.10. The molecule has 1 aromatic rings. The molecule has 1 aliphatic rings. The van der Waals surface area contributed by atoms with Gasteiger partial charge in [0.05, 0.1) is 28.6 Å². The molecule has 3 N–H and O–H groups in total. The summed E-state index contributed by atoms with van der Waals surface area (Å²) < 4.78 is 31.7. The van der Waals surface area contributed by atoms with Crippen molar-refractivity contribution in [1.29, 1.82) is 0 Å². The normalized spacial score (nSPS) is 27.5. The average Bonchev–Trinajstić information content (AvgIpc) is 2.52. The number of nitrogens with zero attached hydrogens (tertiary/aromatic N) is 2. The number of aliphatic hydroxyl groups excluding tert-OH is 1. The third-order valence-electron chi connectivity index (χ3n) is 4.34. The molecule has 0 aliphatic carbocycles. The smallest absolute Gasteiger partial charge is 0.410 e. The molecule has 0 bridgehead atoms. The van der Waals surface area contributed by atoms with Crippen molar-refractivity contribution in [2.45, 2.75) is 31.1 Å². The van der Waals surface area contributed by atoms with E-state index >= 15 is 0 Å². The summed E-state index contributed by atoms with van der Waals surface area (Å²) in [5.74, 6) is -0.701. The third kappa shape index (κ3) is 3.77. The van der Waals surface area contributed by atoms with Gasteiger partial charge in [-0.1, -0.05) is 15.9 Å². The van der Waals surface area contributed by atoms with Gasteiger partial charge in [0.15, 0.2) is 0 Å². The minimum atomic E-state index is -3.08. The maximum absolute atomic E-state index is 14.5. The van der Waals surface area contributed by atoms with Gasteiger partial charge in [-0.05, 0) is 39.0 Å². The van der Waals surface area contributed by atoms with Crippen LogP contribution in [0, 0.1) is 5.82 Å². The topological polar surface area (TPSA) is 111 Å². The maximum atomic E-state index is 14.5. The second-order valence-corrected chi connectivity index (χ2v) is 10.4. The van der Waals surface area contributed by atoms with Crippen LogP contribution in [-0.2, 0) is 15.3 Å². The molecular weight excluding hydrogens is 429 g/mol. The van der Waals surface area contributed by atoms with E-state index in [4.69, 9.17) is 10.2 Å². The van der Waals surface area contributed by atoms with Gasteiger partial charge in [-0.3, -0.25) is 10.3 Å². The minimum absolute atomic E-state index is 0.0511. The number of hydrogen-bond donors (Lipinski definition) is 3. The number of aliphatic imine (C=N–C) groups is 1. The average molecular weight is 450 g/mol. The van der Waals surface area contributed by atoms with Crippen LogP contribution in [-0.4, -0.2) is 50.0 Å². The Kier molecular flexibility index (Phi) is 5.79. The molecule has 1 aromatic carbocycles. The van der Waals surface area contributed by atoms with Crippen LogP contribution in [0.25, 0.3) is 0 Å². The van der Waals surface area contributed by atoms with E-state index in [-0.39, 0.29) is 30.3 Å². The molecule has 1 heterocycles. The van der Waals surface area contributed by atoms with Gasteiger partial charge in [-0.25, -0.2) is 17.8 Å². The van der Waals surface area contributed by atoms with Gasteiger partial charge in [0.1, 0.15) is 21.9 Å². The Morgan fingerprint density at radius 3 is 2.69 bits per heavy atom. The number of nitrogens with one attached hydrogen (secondary N) is 1. The van der Waals surface area contributed by atoms with Crippen LogP contribution >= 0.6 is 15.9 Å². The quantitative estimate of drug-likeness (QED) is 0.658. The van der Waals surface area contributed by atoms with Crippen molar-refractivity contribution < 1.29 is 23.6 Å². The van der Waals surface area contributed by atoms with Crippen molar-refractivity contribution in [3.63, 3.8) is 0 Å². The molecule has 0 saturated carbocycles. The van der Waals surface area contributed by atoms with Gasteiger partial charge in [0, 0.05) is 10.0 Å². The standard InChI is InChI=1S/C16H21BrFN3O4S/c1-15(2)13(20-14(23)24)21-16(3,9-26(15,25)19-6-7-22)11-8-10(17)4-5-12(11)18/h4-5,8,22H,6-7,9H2,1-3H3,(H,20,21)(H,23,24)/t16-,26-/m0/s1. The highest BCUT2D eigenvalue weighted by atomic mass is 79.9. The highest BCUT2D eigenvalue weighted by Crippen LogP contribution is 2.40. The Morgan fingerprint density at radius 2 is 2.12 bits per heavy atom. The van der Waals surface area contributed by atoms with E-state index in [1.54, 1.807) is 20.8 Å². The van der Waals surface area contributed by atoms with Crippen molar-refractivity contribution in [1.82, 2.24) is 5.32 Å². The summed E-state index contributed by atoms with van der Waals surface area (Å²) in [5, 5.41) is 20.4. The first-order valence-corrected chi connectivity index (χ1v) is 10.3. The fourth-order valence-corrected chi connectivity index (χ4v) is 5.74. The van der Waals surface area contributed by atoms with Crippen molar-refractivity contribution >= 4 is 37.6 Å². The van der Waals surface area contributed by atoms with Gasteiger partial charge < -0.3 is 10.2 Å². The fraction of sp³-hybridized carbons (Fsp3) is 0.500. The van der Waals surface area contributed by atoms with Crippen LogP contribution in [0.4, 0.5) is 9.18 Å². The molecule has 2 atom stereocenters. The highest BCUT2D eigenvalue weighted by Gasteiger charge is 2.49. The molecule has 10 heteroatoms. The molecule has 0 saturated heterocycles. The zero-order chi connectivity index (χ0) is 19.8. The van der Waals surface area contributed by atoms with Crippen LogP contribution in [0.1, 0.15) is 26.3 Å². The Hall–Kier alpha value is -1.52. The van der Waals surface area contributed by atoms with Gasteiger partial charge in [0.2, 0.25) is 0 Å². The molecule has 2 rings (SSSR count). The van der Waals surface area contributed by atoms with E-state index in [9.17, 15) is 13.4 Å². The first-order valence-electron chi connectivity index (χ1n) is 7.82. The first-order chi connectivity index (χ1) is 11.9. The van der Waals surface area contributed by atoms with E-state index in [1.165, 1.54) is 18.2 Å². The van der Waals surface area contributed by atoms with Crippen molar-refractivity contribution in [2.24, 2.45) is 9.36 Å². The Labute approximate surface area is 160 Å². The number of rotatable bonds is 3. The van der Waals surface area contributed by atoms with Crippen LogP contribution in [0.3, 0.4) is 0 Å². The lowest BCUT2D eigenvalue weighted by molar-refractivity contribution is 0.199. The predicted molar refractivity (Wildman–Crippen MR) is 102 cm³/mol. The molecule has 1 amide bonds. The van der Waals surface area contributed by atoms with E-state index in [2.05, 4.69) is 30.6 Å². The number of amides is 1. The van der Waals surface area contributed by atoms with Crippen LogP contribution in [0.15, 0.2) is 32.0 Å². The van der Waals surface area contributed by atoms with Crippen LogP contribution in [0.5, 0.6) is 0 Å². The molecule has 26 heavy (non-hydrogen) atoms. The van der Waals surface area contributed by atoms with Crippen LogP contribution < -0.4 is 5.32 Å². The molecule has 144 valence electrons. The second kappa shape index (κ2) is 7.24. The molecule has 7 nitrogen and oxygen atoms in total. The summed E-state index contributed by atoms with van der Waals surface area (Å²) in [7, 11) is -3.08. The zero-order valence-corrected chi connectivity index (χ0v) is 17.0. The van der Waals surface area contributed by atoms with Crippen molar-refractivity contribution in [3.8, 4) is 0 Å². The number of hydrogen-bond acceptors (Lipinski definition) is 5. The number of halogens is 2. The molecule has 0 radical (unpaired) electrons. The summed E-state index contributed by atoms with van der Waals surface area (Å²) in [6.45, 7) is 4.36. The molecule has 0 aromatic heterocycles.